The third kappa shape index (κ3) is 9.97. The molecule has 1 aromatic rings. The summed E-state index contributed by atoms with van der Waals surface area (Å²) in [7, 11) is 4.13. The molecule has 3 N–H and O–H groups in total. The molecule has 0 heterocycles. The van der Waals surface area contributed by atoms with Gasteiger partial charge in [-0.05, 0) is 38.6 Å². The van der Waals surface area contributed by atoms with Crippen LogP contribution in [0, 0.1) is 0 Å². The molecule has 5 nitrogen and oxygen atoms in total. The first-order valence-electron chi connectivity index (χ1n) is 7.46. The number of benzene rings is 1. The van der Waals surface area contributed by atoms with Crippen molar-refractivity contribution in [1.82, 2.24) is 10.2 Å². The van der Waals surface area contributed by atoms with Crippen LogP contribution in [0.4, 0.5) is 0 Å². The van der Waals surface area contributed by atoms with Gasteiger partial charge in [-0.25, -0.2) is 4.99 Å². The minimum absolute atomic E-state index is 0. The molecule has 1 rings (SSSR count). The van der Waals surface area contributed by atoms with Crippen LogP contribution in [-0.2, 0) is 17.8 Å². The monoisotopic (exact) mass is 420 g/mol. The summed E-state index contributed by atoms with van der Waals surface area (Å²) in [5, 5.41) is 3.09. The number of ether oxygens (including phenoxy) is 1. The van der Waals surface area contributed by atoms with Gasteiger partial charge in [-0.2, -0.15) is 0 Å². The van der Waals surface area contributed by atoms with Crippen LogP contribution in [0.2, 0.25) is 0 Å². The van der Waals surface area contributed by atoms with Crippen molar-refractivity contribution >= 4 is 29.9 Å². The molecule has 0 spiro atoms. The lowest BCUT2D eigenvalue weighted by Gasteiger charge is -2.09. The van der Waals surface area contributed by atoms with Gasteiger partial charge in [-0.3, -0.25) is 0 Å². The average molecular weight is 420 g/mol. The first kappa shape index (κ1) is 21.1. The van der Waals surface area contributed by atoms with Crippen LogP contribution >= 0.6 is 24.0 Å². The van der Waals surface area contributed by atoms with E-state index >= 15 is 0 Å². The van der Waals surface area contributed by atoms with Gasteiger partial charge in [0.05, 0.1) is 6.54 Å². The number of aliphatic imine (C=N–C) groups is 1. The lowest BCUT2D eigenvalue weighted by atomic mass is 10.1. The summed E-state index contributed by atoms with van der Waals surface area (Å²) in [6, 6.07) is 8.47. The SMILES string of the molecule is CCOCCCNC(N)=NCc1ccc(CN(C)C)cc1.I. The van der Waals surface area contributed by atoms with Gasteiger partial charge in [0.1, 0.15) is 0 Å². The molecule has 0 saturated heterocycles. The van der Waals surface area contributed by atoms with Gasteiger partial charge in [0, 0.05) is 26.3 Å². The molecule has 0 aromatic heterocycles. The van der Waals surface area contributed by atoms with E-state index in [1.54, 1.807) is 0 Å². The summed E-state index contributed by atoms with van der Waals surface area (Å²) < 4.78 is 5.26. The molecule has 0 fully saturated rings. The van der Waals surface area contributed by atoms with Crippen LogP contribution in [0.1, 0.15) is 24.5 Å². The van der Waals surface area contributed by atoms with E-state index in [1.807, 2.05) is 6.92 Å². The molecule has 0 aliphatic rings. The van der Waals surface area contributed by atoms with E-state index in [4.69, 9.17) is 10.5 Å². The summed E-state index contributed by atoms with van der Waals surface area (Å²) in [6.07, 6.45) is 0.934. The summed E-state index contributed by atoms with van der Waals surface area (Å²) in [5.41, 5.74) is 8.29. The topological polar surface area (TPSA) is 62.9 Å². The van der Waals surface area contributed by atoms with Crippen LogP contribution in [-0.4, -0.2) is 44.7 Å². The molecule has 0 aliphatic heterocycles. The van der Waals surface area contributed by atoms with Crippen molar-refractivity contribution in [2.24, 2.45) is 10.7 Å². The standard InChI is InChI=1S/C16H28N4O.HI/c1-4-21-11-5-10-18-16(17)19-12-14-6-8-15(9-7-14)13-20(2)3;/h6-9H,4-5,10-13H2,1-3H3,(H3,17,18,19);1H. The van der Waals surface area contributed by atoms with E-state index in [9.17, 15) is 0 Å². The number of nitrogens with one attached hydrogen (secondary N) is 1. The van der Waals surface area contributed by atoms with Gasteiger partial charge >= 0.3 is 0 Å². The number of nitrogens with two attached hydrogens (primary N) is 1. The van der Waals surface area contributed by atoms with Gasteiger partial charge in [0.2, 0.25) is 0 Å². The second-order valence-corrected chi connectivity index (χ2v) is 5.23. The van der Waals surface area contributed by atoms with Crippen LogP contribution < -0.4 is 11.1 Å². The maximum absolute atomic E-state index is 5.82. The molecule has 6 heteroatoms. The molecule has 0 unspecified atom stereocenters. The van der Waals surface area contributed by atoms with Gasteiger partial charge in [-0.15, -0.1) is 24.0 Å². The summed E-state index contributed by atoms with van der Waals surface area (Å²) in [4.78, 5) is 6.49. The minimum atomic E-state index is 0. The van der Waals surface area contributed by atoms with E-state index < -0.39 is 0 Å². The Bertz CT molecular complexity index is 421. The summed E-state index contributed by atoms with van der Waals surface area (Å²) in [6.45, 7) is 5.85. The Morgan fingerprint density at radius 2 is 1.86 bits per heavy atom. The number of guanidine groups is 1. The van der Waals surface area contributed by atoms with Crippen LogP contribution in [0.5, 0.6) is 0 Å². The Balaban J connectivity index is 0.00000441. The zero-order valence-electron chi connectivity index (χ0n) is 13.8. The molecule has 0 atom stereocenters. The Morgan fingerprint density at radius 1 is 1.23 bits per heavy atom. The molecule has 0 aliphatic carbocycles. The fraction of sp³-hybridized carbons (Fsp3) is 0.562. The average Bonchev–Trinajstić information content (AvgIpc) is 2.46. The number of rotatable bonds is 9. The fourth-order valence-corrected chi connectivity index (χ4v) is 1.88. The van der Waals surface area contributed by atoms with Crippen molar-refractivity contribution in [2.45, 2.75) is 26.4 Å². The van der Waals surface area contributed by atoms with Crippen molar-refractivity contribution in [3.05, 3.63) is 35.4 Å². The largest absolute Gasteiger partial charge is 0.382 e. The molecule has 1 aromatic carbocycles. The highest BCUT2D eigenvalue weighted by molar-refractivity contribution is 14.0. The van der Waals surface area contributed by atoms with Crippen molar-refractivity contribution in [1.29, 1.82) is 0 Å². The Morgan fingerprint density at radius 3 is 2.45 bits per heavy atom. The molecule has 0 amide bonds. The van der Waals surface area contributed by atoms with E-state index in [1.165, 1.54) is 5.56 Å². The molecular weight excluding hydrogens is 391 g/mol. The number of hydrogen-bond acceptors (Lipinski definition) is 3. The number of nitrogens with zero attached hydrogens (tertiary/aromatic N) is 2. The van der Waals surface area contributed by atoms with E-state index in [0.717, 1.165) is 38.3 Å². The van der Waals surface area contributed by atoms with Crippen LogP contribution in [0.3, 0.4) is 0 Å². The predicted molar refractivity (Wildman–Crippen MR) is 104 cm³/mol. The molecule has 126 valence electrons. The maximum Gasteiger partial charge on any atom is 0.188 e. The Kier molecular flexibility index (Phi) is 12.2. The highest BCUT2D eigenvalue weighted by Gasteiger charge is 1.97. The predicted octanol–water partition coefficient (Wildman–Crippen LogP) is 2.20. The maximum atomic E-state index is 5.82. The smallest absolute Gasteiger partial charge is 0.188 e. The molecule has 0 radical (unpaired) electrons. The zero-order valence-corrected chi connectivity index (χ0v) is 16.2. The van der Waals surface area contributed by atoms with E-state index in [0.29, 0.717) is 12.5 Å². The van der Waals surface area contributed by atoms with Crippen molar-refractivity contribution in [3.8, 4) is 0 Å². The Hall–Kier alpha value is -0.860. The van der Waals surface area contributed by atoms with Crippen molar-refractivity contribution in [3.63, 3.8) is 0 Å². The third-order valence-corrected chi connectivity index (χ3v) is 2.93. The molecule has 22 heavy (non-hydrogen) atoms. The fourth-order valence-electron chi connectivity index (χ4n) is 1.88. The Labute approximate surface area is 151 Å². The highest BCUT2D eigenvalue weighted by Crippen LogP contribution is 2.07. The minimum Gasteiger partial charge on any atom is -0.382 e. The zero-order chi connectivity index (χ0) is 15.5. The first-order chi connectivity index (χ1) is 10.1. The van der Waals surface area contributed by atoms with E-state index in [2.05, 4.69) is 53.6 Å². The van der Waals surface area contributed by atoms with E-state index in [-0.39, 0.29) is 24.0 Å². The quantitative estimate of drug-likeness (QED) is 0.278. The lowest BCUT2D eigenvalue weighted by molar-refractivity contribution is 0.145. The summed E-state index contributed by atoms with van der Waals surface area (Å²) >= 11 is 0. The van der Waals surface area contributed by atoms with Gasteiger partial charge in [0.25, 0.3) is 0 Å². The number of hydrogen-bond donors (Lipinski definition) is 2. The van der Waals surface area contributed by atoms with Gasteiger partial charge < -0.3 is 20.7 Å². The van der Waals surface area contributed by atoms with Crippen molar-refractivity contribution < 1.29 is 4.74 Å². The first-order valence-corrected chi connectivity index (χ1v) is 7.46. The third-order valence-electron chi connectivity index (χ3n) is 2.93. The van der Waals surface area contributed by atoms with Crippen molar-refractivity contribution in [2.75, 3.05) is 33.9 Å². The lowest BCUT2D eigenvalue weighted by Crippen LogP contribution is -2.32. The second kappa shape index (κ2) is 12.7. The highest BCUT2D eigenvalue weighted by atomic mass is 127. The van der Waals surface area contributed by atoms with Crippen LogP contribution in [0.25, 0.3) is 0 Å². The van der Waals surface area contributed by atoms with Crippen LogP contribution in [0.15, 0.2) is 29.3 Å². The second-order valence-electron chi connectivity index (χ2n) is 5.23. The summed E-state index contributed by atoms with van der Waals surface area (Å²) in [5.74, 6) is 0.490. The molecule has 0 bridgehead atoms. The van der Waals surface area contributed by atoms with Gasteiger partial charge in [0.15, 0.2) is 5.96 Å². The normalized spacial score (nSPS) is 11.4. The van der Waals surface area contributed by atoms with Gasteiger partial charge in [-0.1, -0.05) is 24.3 Å². The number of halogens is 1. The molecule has 0 saturated carbocycles. The molecular formula is C16H29IN4O.